The van der Waals surface area contributed by atoms with Crippen molar-refractivity contribution < 1.29 is 18.1 Å². The van der Waals surface area contributed by atoms with Gasteiger partial charge >= 0.3 is 0 Å². The third-order valence-corrected chi connectivity index (χ3v) is 8.17. The SMILES string of the molecule is O=C(CCS(=O)(=O)c1ccc(Cl)cc1)N1CC[NH+](C(c2ccccc2)c2ccccc2)CC1. The maximum atomic E-state index is 12.8. The van der Waals surface area contributed by atoms with Gasteiger partial charge in [0.1, 0.15) is 6.04 Å². The number of carbonyl (C=O) groups is 1. The standard InChI is InChI=1S/C26H27ClN2O3S/c27-23-11-13-24(14-12-23)33(31,32)20-15-25(30)28-16-18-29(19-17-28)26(21-7-3-1-4-8-21)22-9-5-2-6-10-22/h1-14,26H,15-20H2/p+1. The average Bonchev–Trinajstić information content (AvgIpc) is 2.85. The van der Waals surface area contributed by atoms with Crippen LogP contribution in [0.1, 0.15) is 23.6 Å². The highest BCUT2D eigenvalue weighted by atomic mass is 35.5. The van der Waals surface area contributed by atoms with E-state index in [-0.39, 0.29) is 29.0 Å². The monoisotopic (exact) mass is 483 g/mol. The fourth-order valence-electron chi connectivity index (χ4n) is 4.43. The minimum absolute atomic E-state index is 0.0128. The van der Waals surface area contributed by atoms with Gasteiger partial charge in [-0.15, -0.1) is 0 Å². The second-order valence-corrected chi connectivity index (χ2v) is 10.9. The molecule has 0 spiro atoms. The number of hydrogen-bond donors (Lipinski definition) is 1. The van der Waals surface area contributed by atoms with E-state index >= 15 is 0 Å². The van der Waals surface area contributed by atoms with Crippen molar-refractivity contribution in [3.63, 3.8) is 0 Å². The zero-order valence-electron chi connectivity index (χ0n) is 18.4. The molecule has 1 fully saturated rings. The predicted octanol–water partition coefficient (Wildman–Crippen LogP) is 3.02. The highest BCUT2D eigenvalue weighted by Crippen LogP contribution is 2.20. The average molecular weight is 484 g/mol. The molecule has 0 bridgehead atoms. The number of benzene rings is 3. The van der Waals surface area contributed by atoms with E-state index in [1.165, 1.54) is 28.2 Å². The number of sulfone groups is 1. The molecule has 0 aliphatic carbocycles. The Hall–Kier alpha value is -2.67. The van der Waals surface area contributed by atoms with Gasteiger partial charge in [0.25, 0.3) is 0 Å². The van der Waals surface area contributed by atoms with Gasteiger partial charge in [0.05, 0.1) is 36.8 Å². The largest absolute Gasteiger partial charge is 0.331 e. The molecule has 7 heteroatoms. The third-order valence-electron chi connectivity index (χ3n) is 6.19. The quantitative estimate of drug-likeness (QED) is 0.562. The summed E-state index contributed by atoms with van der Waals surface area (Å²) in [5.41, 5.74) is 2.51. The number of quaternary nitrogens is 1. The van der Waals surface area contributed by atoms with E-state index in [1.807, 2.05) is 12.1 Å². The van der Waals surface area contributed by atoms with E-state index in [0.29, 0.717) is 18.1 Å². The first-order valence-electron chi connectivity index (χ1n) is 11.1. The zero-order chi connectivity index (χ0) is 23.3. The predicted molar refractivity (Wildman–Crippen MR) is 130 cm³/mol. The van der Waals surface area contributed by atoms with Crippen LogP contribution in [0.3, 0.4) is 0 Å². The molecule has 172 valence electrons. The van der Waals surface area contributed by atoms with Gasteiger partial charge in [-0.2, -0.15) is 0 Å². The fraction of sp³-hybridized carbons (Fsp3) is 0.269. The van der Waals surface area contributed by atoms with Crippen LogP contribution in [0.5, 0.6) is 0 Å². The summed E-state index contributed by atoms with van der Waals surface area (Å²) < 4.78 is 25.1. The van der Waals surface area contributed by atoms with Crippen molar-refractivity contribution >= 4 is 27.3 Å². The van der Waals surface area contributed by atoms with Gasteiger partial charge in [-0.25, -0.2) is 8.42 Å². The Bertz CT molecular complexity index is 1120. The van der Waals surface area contributed by atoms with Crippen LogP contribution in [0.15, 0.2) is 89.8 Å². The molecule has 1 aliphatic heterocycles. The summed E-state index contributed by atoms with van der Waals surface area (Å²) in [4.78, 5) is 16.2. The number of halogens is 1. The molecule has 1 amide bonds. The van der Waals surface area contributed by atoms with E-state index in [9.17, 15) is 13.2 Å². The summed E-state index contributed by atoms with van der Waals surface area (Å²) >= 11 is 5.85. The van der Waals surface area contributed by atoms with E-state index < -0.39 is 9.84 Å². The number of rotatable bonds is 7. The molecule has 1 aliphatic rings. The minimum atomic E-state index is -3.52. The molecule has 1 heterocycles. The number of nitrogens with one attached hydrogen (secondary N) is 1. The molecule has 0 aromatic heterocycles. The number of nitrogens with zero attached hydrogens (tertiary/aromatic N) is 1. The van der Waals surface area contributed by atoms with Crippen molar-refractivity contribution in [2.24, 2.45) is 0 Å². The third kappa shape index (κ3) is 5.82. The number of piperazine rings is 1. The summed E-state index contributed by atoms with van der Waals surface area (Å²) in [6.07, 6.45) is -0.0128. The molecule has 0 atom stereocenters. The molecule has 0 unspecified atom stereocenters. The van der Waals surface area contributed by atoms with Crippen LogP contribution >= 0.6 is 11.6 Å². The van der Waals surface area contributed by atoms with E-state index in [4.69, 9.17) is 11.6 Å². The molecule has 1 N–H and O–H groups in total. The fourth-order valence-corrected chi connectivity index (χ4v) is 5.78. The molecule has 1 saturated heterocycles. The zero-order valence-corrected chi connectivity index (χ0v) is 19.9. The molecular formula is C26H28ClN2O3S+. The smallest absolute Gasteiger partial charge is 0.224 e. The first-order chi connectivity index (χ1) is 15.9. The second kappa shape index (κ2) is 10.5. The summed E-state index contributed by atoms with van der Waals surface area (Å²) in [6.45, 7) is 2.85. The van der Waals surface area contributed by atoms with Crippen LogP contribution in [0.25, 0.3) is 0 Å². The maximum Gasteiger partial charge on any atom is 0.224 e. The van der Waals surface area contributed by atoms with Crippen molar-refractivity contribution in [3.8, 4) is 0 Å². The molecular weight excluding hydrogens is 456 g/mol. The van der Waals surface area contributed by atoms with E-state index in [1.54, 1.807) is 17.0 Å². The van der Waals surface area contributed by atoms with Gasteiger partial charge in [-0.05, 0) is 24.3 Å². The molecule has 0 radical (unpaired) electrons. The molecule has 3 aromatic carbocycles. The Morgan fingerprint density at radius 2 is 1.36 bits per heavy atom. The van der Waals surface area contributed by atoms with Crippen molar-refractivity contribution in [1.82, 2.24) is 4.90 Å². The van der Waals surface area contributed by atoms with Gasteiger partial charge in [0.15, 0.2) is 9.84 Å². The Balaban J connectivity index is 1.38. The van der Waals surface area contributed by atoms with Crippen molar-refractivity contribution in [1.29, 1.82) is 0 Å². The lowest BCUT2D eigenvalue weighted by Crippen LogP contribution is -3.15. The number of hydrogen-bond acceptors (Lipinski definition) is 3. The van der Waals surface area contributed by atoms with E-state index in [2.05, 4.69) is 48.5 Å². The number of carbonyl (C=O) groups excluding carboxylic acids is 1. The molecule has 4 rings (SSSR count). The van der Waals surface area contributed by atoms with Gasteiger partial charge < -0.3 is 9.80 Å². The lowest BCUT2D eigenvalue weighted by molar-refractivity contribution is -0.929. The first-order valence-corrected chi connectivity index (χ1v) is 13.2. The lowest BCUT2D eigenvalue weighted by atomic mass is 9.96. The highest BCUT2D eigenvalue weighted by Gasteiger charge is 2.31. The number of amides is 1. The van der Waals surface area contributed by atoms with Crippen LogP contribution in [0.2, 0.25) is 5.02 Å². The normalized spacial score (nSPS) is 15.0. The van der Waals surface area contributed by atoms with Gasteiger partial charge in [0, 0.05) is 22.6 Å². The summed E-state index contributed by atoms with van der Waals surface area (Å²) in [5.74, 6) is -0.306. The van der Waals surface area contributed by atoms with Crippen LogP contribution in [-0.2, 0) is 14.6 Å². The maximum absolute atomic E-state index is 12.8. The molecule has 5 nitrogen and oxygen atoms in total. The summed E-state index contributed by atoms with van der Waals surface area (Å²) in [6, 6.07) is 27.2. The van der Waals surface area contributed by atoms with Crippen LogP contribution in [0, 0.1) is 0 Å². The summed E-state index contributed by atoms with van der Waals surface area (Å²) in [7, 11) is -3.52. The molecule has 0 saturated carbocycles. The van der Waals surface area contributed by atoms with Crippen LogP contribution in [0.4, 0.5) is 0 Å². The van der Waals surface area contributed by atoms with Crippen molar-refractivity contribution in [2.75, 3.05) is 31.9 Å². The highest BCUT2D eigenvalue weighted by molar-refractivity contribution is 7.91. The van der Waals surface area contributed by atoms with Gasteiger partial charge in [0.2, 0.25) is 5.91 Å². The topological polar surface area (TPSA) is 58.9 Å². The van der Waals surface area contributed by atoms with Gasteiger partial charge in [-0.3, -0.25) is 4.79 Å². The second-order valence-electron chi connectivity index (χ2n) is 8.32. The van der Waals surface area contributed by atoms with Crippen molar-refractivity contribution in [2.45, 2.75) is 17.4 Å². The van der Waals surface area contributed by atoms with E-state index in [0.717, 1.165) is 13.1 Å². The Morgan fingerprint density at radius 1 is 0.848 bits per heavy atom. The lowest BCUT2D eigenvalue weighted by Gasteiger charge is -2.37. The van der Waals surface area contributed by atoms with Crippen LogP contribution < -0.4 is 4.90 Å². The molecule has 33 heavy (non-hydrogen) atoms. The Morgan fingerprint density at radius 3 is 1.88 bits per heavy atom. The first kappa shape index (κ1) is 23.5. The Labute approximate surface area is 200 Å². The van der Waals surface area contributed by atoms with Crippen molar-refractivity contribution in [3.05, 3.63) is 101 Å². The van der Waals surface area contributed by atoms with Crippen LogP contribution in [-0.4, -0.2) is 51.2 Å². The Kier molecular flexibility index (Phi) is 7.48. The summed E-state index contributed by atoms with van der Waals surface area (Å²) in [5, 5.41) is 0.481. The molecule has 3 aromatic rings. The van der Waals surface area contributed by atoms with Gasteiger partial charge in [-0.1, -0.05) is 72.3 Å². The minimum Gasteiger partial charge on any atom is -0.331 e.